The van der Waals surface area contributed by atoms with Crippen molar-refractivity contribution in [1.29, 1.82) is 0 Å². The predicted octanol–water partition coefficient (Wildman–Crippen LogP) is 2.09. The minimum atomic E-state index is 0.243. The number of rotatable bonds is 4. The second kappa shape index (κ2) is 5.89. The average Bonchev–Trinajstić information content (AvgIpc) is 3.11. The van der Waals surface area contributed by atoms with Crippen LogP contribution in [0.2, 0.25) is 0 Å². The largest absolute Gasteiger partial charge is 0.467 e. The van der Waals surface area contributed by atoms with E-state index in [4.69, 9.17) is 9.15 Å². The summed E-state index contributed by atoms with van der Waals surface area (Å²) in [6, 6.07) is 3.87. The normalized spacial score (nSPS) is 19.4. The summed E-state index contributed by atoms with van der Waals surface area (Å²) in [5.74, 6) is 3.20. The molecule has 6 nitrogen and oxygen atoms in total. The minimum Gasteiger partial charge on any atom is -0.467 e. The molecule has 6 heteroatoms. The van der Waals surface area contributed by atoms with Crippen LogP contribution >= 0.6 is 0 Å². The van der Waals surface area contributed by atoms with Crippen LogP contribution in [0.25, 0.3) is 0 Å². The van der Waals surface area contributed by atoms with Crippen molar-refractivity contribution in [3.63, 3.8) is 0 Å². The highest BCUT2D eigenvalue weighted by Crippen LogP contribution is 2.21. The number of morpholine rings is 1. The molecular formula is C15H22N4O2. The number of nitrogens with zero attached hydrogens (tertiary/aromatic N) is 4. The van der Waals surface area contributed by atoms with E-state index in [1.165, 1.54) is 0 Å². The molecule has 0 amide bonds. The first kappa shape index (κ1) is 14.1. The Balaban J connectivity index is 1.82. The Hall–Kier alpha value is -1.82. The van der Waals surface area contributed by atoms with Crippen LogP contribution in [-0.2, 0) is 11.3 Å². The van der Waals surface area contributed by atoms with E-state index in [1.54, 1.807) is 6.26 Å². The molecule has 1 atom stereocenters. The van der Waals surface area contributed by atoms with Crippen molar-refractivity contribution in [3.8, 4) is 0 Å². The molecule has 0 N–H and O–H groups in total. The van der Waals surface area contributed by atoms with Crippen LogP contribution in [0.1, 0.15) is 25.4 Å². The van der Waals surface area contributed by atoms with Crippen molar-refractivity contribution in [3.05, 3.63) is 30.0 Å². The fourth-order valence-electron chi connectivity index (χ4n) is 2.61. The fraction of sp³-hybridized carbons (Fsp3) is 0.600. The van der Waals surface area contributed by atoms with Gasteiger partial charge in [-0.3, -0.25) is 4.57 Å². The van der Waals surface area contributed by atoms with Crippen molar-refractivity contribution < 1.29 is 9.15 Å². The Bertz CT molecular complexity index is 577. The maximum atomic E-state index is 5.83. The van der Waals surface area contributed by atoms with Gasteiger partial charge in [-0.1, -0.05) is 13.8 Å². The monoisotopic (exact) mass is 290 g/mol. The highest BCUT2D eigenvalue weighted by Gasteiger charge is 2.26. The number of furan rings is 1. The lowest BCUT2D eigenvalue weighted by Gasteiger charge is -2.35. The van der Waals surface area contributed by atoms with Gasteiger partial charge in [-0.05, 0) is 25.0 Å². The van der Waals surface area contributed by atoms with Gasteiger partial charge in [0.2, 0.25) is 5.95 Å². The standard InChI is InChI=1S/C15H22N4O2/c1-11(2)14-10-18(6-8-21-14)15-17-16-12(3)19(15)9-13-5-4-7-20-13/h4-5,7,11,14H,6,8-10H2,1-3H3. The lowest BCUT2D eigenvalue weighted by atomic mass is 10.1. The van der Waals surface area contributed by atoms with Crippen molar-refractivity contribution in [2.45, 2.75) is 33.4 Å². The Labute approximate surface area is 124 Å². The average molecular weight is 290 g/mol. The second-order valence-electron chi connectivity index (χ2n) is 5.81. The topological polar surface area (TPSA) is 56.3 Å². The highest BCUT2D eigenvalue weighted by atomic mass is 16.5. The molecule has 1 unspecified atom stereocenters. The van der Waals surface area contributed by atoms with E-state index in [9.17, 15) is 0 Å². The fourth-order valence-corrected chi connectivity index (χ4v) is 2.61. The van der Waals surface area contributed by atoms with Crippen LogP contribution in [0.15, 0.2) is 22.8 Å². The zero-order valence-electron chi connectivity index (χ0n) is 12.8. The summed E-state index contributed by atoms with van der Waals surface area (Å²) in [5.41, 5.74) is 0. The van der Waals surface area contributed by atoms with Gasteiger partial charge in [-0.15, -0.1) is 10.2 Å². The third kappa shape index (κ3) is 2.95. The van der Waals surface area contributed by atoms with E-state index in [0.29, 0.717) is 12.5 Å². The Morgan fingerprint density at radius 3 is 2.95 bits per heavy atom. The number of hydrogen-bond acceptors (Lipinski definition) is 5. The molecule has 21 heavy (non-hydrogen) atoms. The molecule has 2 aromatic heterocycles. The molecule has 114 valence electrons. The molecule has 0 aliphatic carbocycles. The summed E-state index contributed by atoms with van der Waals surface area (Å²) in [6.45, 7) is 9.44. The predicted molar refractivity (Wildman–Crippen MR) is 79.4 cm³/mol. The second-order valence-corrected chi connectivity index (χ2v) is 5.81. The van der Waals surface area contributed by atoms with Crippen LogP contribution in [0.5, 0.6) is 0 Å². The van der Waals surface area contributed by atoms with Crippen molar-refractivity contribution in [1.82, 2.24) is 14.8 Å². The molecule has 3 rings (SSSR count). The molecule has 0 radical (unpaired) electrons. The lowest BCUT2D eigenvalue weighted by Crippen LogP contribution is -2.45. The molecule has 3 heterocycles. The quantitative estimate of drug-likeness (QED) is 0.863. The van der Waals surface area contributed by atoms with E-state index >= 15 is 0 Å². The van der Waals surface area contributed by atoms with E-state index in [0.717, 1.165) is 37.2 Å². The van der Waals surface area contributed by atoms with Gasteiger partial charge in [-0.25, -0.2) is 0 Å². The summed E-state index contributed by atoms with van der Waals surface area (Å²) < 4.78 is 13.4. The van der Waals surface area contributed by atoms with Gasteiger partial charge in [0.05, 0.1) is 25.5 Å². The summed E-state index contributed by atoms with van der Waals surface area (Å²) in [7, 11) is 0. The third-order valence-corrected chi connectivity index (χ3v) is 3.93. The van der Waals surface area contributed by atoms with Crippen LogP contribution in [0, 0.1) is 12.8 Å². The maximum Gasteiger partial charge on any atom is 0.227 e. The van der Waals surface area contributed by atoms with Crippen molar-refractivity contribution in [2.24, 2.45) is 5.92 Å². The first-order valence-electron chi connectivity index (χ1n) is 7.44. The third-order valence-electron chi connectivity index (χ3n) is 3.93. The van der Waals surface area contributed by atoms with E-state index in [1.807, 2.05) is 19.1 Å². The first-order chi connectivity index (χ1) is 10.1. The van der Waals surface area contributed by atoms with Gasteiger partial charge in [0, 0.05) is 13.1 Å². The van der Waals surface area contributed by atoms with Gasteiger partial charge < -0.3 is 14.1 Å². The summed E-state index contributed by atoms with van der Waals surface area (Å²) in [5, 5.41) is 8.59. The summed E-state index contributed by atoms with van der Waals surface area (Å²) in [4.78, 5) is 2.26. The number of aromatic nitrogens is 3. The zero-order chi connectivity index (χ0) is 14.8. The van der Waals surface area contributed by atoms with E-state index in [2.05, 4.69) is 33.5 Å². The smallest absolute Gasteiger partial charge is 0.227 e. The molecule has 1 aliphatic heterocycles. The molecule has 0 spiro atoms. The number of ether oxygens (including phenoxy) is 1. The molecule has 0 bridgehead atoms. The van der Waals surface area contributed by atoms with Crippen LogP contribution in [-0.4, -0.2) is 40.6 Å². The van der Waals surface area contributed by atoms with Gasteiger partial charge in [0.25, 0.3) is 0 Å². The van der Waals surface area contributed by atoms with Crippen molar-refractivity contribution in [2.75, 3.05) is 24.6 Å². The number of aryl methyl sites for hydroxylation is 1. The SMILES string of the molecule is Cc1nnc(N2CCOC(C(C)C)C2)n1Cc1ccco1. The van der Waals surface area contributed by atoms with Gasteiger partial charge in [0.15, 0.2) is 0 Å². The van der Waals surface area contributed by atoms with E-state index < -0.39 is 0 Å². The molecule has 2 aromatic rings. The van der Waals surface area contributed by atoms with Gasteiger partial charge in [-0.2, -0.15) is 0 Å². The molecule has 1 fully saturated rings. The van der Waals surface area contributed by atoms with Gasteiger partial charge in [0.1, 0.15) is 11.6 Å². The van der Waals surface area contributed by atoms with Crippen LogP contribution < -0.4 is 4.90 Å². The zero-order valence-corrected chi connectivity index (χ0v) is 12.8. The summed E-state index contributed by atoms with van der Waals surface area (Å²) in [6.07, 6.45) is 1.94. The maximum absolute atomic E-state index is 5.83. The lowest BCUT2D eigenvalue weighted by molar-refractivity contribution is 0.0107. The number of anilines is 1. The highest BCUT2D eigenvalue weighted by molar-refractivity contribution is 5.32. The molecule has 1 saturated heterocycles. The Kier molecular flexibility index (Phi) is 3.96. The molecular weight excluding hydrogens is 268 g/mol. The van der Waals surface area contributed by atoms with E-state index in [-0.39, 0.29) is 6.10 Å². The molecule has 1 aliphatic rings. The first-order valence-corrected chi connectivity index (χ1v) is 7.44. The van der Waals surface area contributed by atoms with Crippen molar-refractivity contribution >= 4 is 5.95 Å². The minimum absolute atomic E-state index is 0.243. The Morgan fingerprint density at radius 2 is 2.24 bits per heavy atom. The molecule has 0 aromatic carbocycles. The number of hydrogen-bond donors (Lipinski definition) is 0. The van der Waals surface area contributed by atoms with Crippen LogP contribution in [0.3, 0.4) is 0 Å². The Morgan fingerprint density at radius 1 is 1.38 bits per heavy atom. The van der Waals surface area contributed by atoms with Gasteiger partial charge >= 0.3 is 0 Å². The summed E-state index contributed by atoms with van der Waals surface area (Å²) >= 11 is 0. The molecule has 0 saturated carbocycles. The van der Waals surface area contributed by atoms with Crippen LogP contribution in [0.4, 0.5) is 5.95 Å².